The van der Waals surface area contributed by atoms with Gasteiger partial charge in [0.25, 0.3) is 0 Å². The molecule has 0 saturated carbocycles. The Labute approximate surface area is 79.3 Å². The van der Waals surface area contributed by atoms with Gasteiger partial charge >= 0.3 is 0 Å². The van der Waals surface area contributed by atoms with E-state index in [1.54, 1.807) is 17.4 Å². The predicted octanol–water partition coefficient (Wildman–Crippen LogP) is 3.31. The molecule has 0 atom stereocenters. The lowest BCUT2D eigenvalue weighted by molar-refractivity contribution is 0.112. The second-order valence-electron chi connectivity index (χ2n) is 1.93. The molecule has 12 heavy (non-hydrogen) atoms. The number of rotatable bonds is 1. The monoisotopic (exact) mass is 196 g/mol. The van der Waals surface area contributed by atoms with Gasteiger partial charge in [0.2, 0.25) is 0 Å². The lowest BCUT2D eigenvalue weighted by Crippen LogP contribution is -1.61. The molecule has 0 unspecified atom stereocenters. The molecule has 0 aliphatic carbocycles. The van der Waals surface area contributed by atoms with E-state index in [0.29, 0.717) is 0 Å². The zero-order valence-corrected chi connectivity index (χ0v) is 7.98. The number of hydrogen-bond acceptors (Lipinski definition) is 3. The Bertz CT molecular complexity index is 267. The molecule has 62 valence electrons. The van der Waals surface area contributed by atoms with E-state index in [0.717, 1.165) is 11.2 Å². The number of carbonyl (C=O) groups excluding carboxylic acids is 1. The highest BCUT2D eigenvalue weighted by molar-refractivity contribution is 7.11. The molecule has 0 aliphatic rings. The first-order valence-corrected chi connectivity index (χ1v) is 5.21. The number of hydrogen-bond donors (Lipinski definition) is 0. The third-order valence-corrected chi connectivity index (χ3v) is 2.51. The second kappa shape index (κ2) is 5.69. The van der Waals surface area contributed by atoms with Crippen LogP contribution in [0.25, 0.3) is 0 Å². The van der Waals surface area contributed by atoms with E-state index in [1.165, 1.54) is 11.3 Å². The molecule has 0 aromatic carbocycles. The van der Waals surface area contributed by atoms with Gasteiger partial charge in [-0.05, 0) is 22.2 Å². The first kappa shape index (κ1) is 9.16. The highest BCUT2D eigenvalue weighted by Gasteiger charge is 1.82. The molecule has 0 spiro atoms. The minimum absolute atomic E-state index is 0.792. The first-order valence-electron chi connectivity index (χ1n) is 3.39. The molecule has 0 aliphatic heterocycles. The summed E-state index contributed by atoms with van der Waals surface area (Å²) >= 11 is 3.17. The maximum atomic E-state index is 9.88. The van der Waals surface area contributed by atoms with Crippen molar-refractivity contribution >= 4 is 29.0 Å². The zero-order chi connectivity index (χ0) is 8.65. The summed E-state index contributed by atoms with van der Waals surface area (Å²) in [7, 11) is 0. The summed E-state index contributed by atoms with van der Waals surface area (Å²) in [5, 5.41) is 5.96. The molecule has 3 heteroatoms. The normalized spacial score (nSPS) is 8.33. The van der Waals surface area contributed by atoms with Crippen LogP contribution < -0.4 is 0 Å². The van der Waals surface area contributed by atoms with Crippen LogP contribution in [0.15, 0.2) is 40.4 Å². The smallest absolute Gasteiger partial charge is 0.159 e. The Balaban J connectivity index is 0.000000127. The Hall–Kier alpha value is -0.930. The van der Waals surface area contributed by atoms with Crippen molar-refractivity contribution in [3.8, 4) is 0 Å². The molecule has 0 radical (unpaired) electrons. The molecule has 0 amide bonds. The minimum Gasteiger partial charge on any atom is -0.297 e. The summed E-state index contributed by atoms with van der Waals surface area (Å²) in [6, 6.07) is 7.68. The van der Waals surface area contributed by atoms with Crippen LogP contribution in [0.4, 0.5) is 0 Å². The van der Waals surface area contributed by atoms with Gasteiger partial charge < -0.3 is 0 Å². The Morgan fingerprint density at radius 2 is 1.83 bits per heavy atom. The topological polar surface area (TPSA) is 17.1 Å². The molecule has 2 rings (SSSR count). The van der Waals surface area contributed by atoms with E-state index in [4.69, 9.17) is 0 Å². The summed E-state index contributed by atoms with van der Waals surface area (Å²) in [6.45, 7) is 0. The van der Waals surface area contributed by atoms with E-state index >= 15 is 0 Å². The van der Waals surface area contributed by atoms with Gasteiger partial charge in [-0.25, -0.2) is 0 Å². The molecule has 2 aromatic heterocycles. The van der Waals surface area contributed by atoms with Crippen molar-refractivity contribution in [2.75, 3.05) is 0 Å². The molecule has 0 bridgehead atoms. The fourth-order valence-corrected chi connectivity index (χ4v) is 1.57. The van der Waals surface area contributed by atoms with Crippen LogP contribution in [0.5, 0.6) is 0 Å². The third kappa shape index (κ3) is 3.46. The number of aldehydes is 1. The van der Waals surface area contributed by atoms with Crippen LogP contribution in [0.3, 0.4) is 0 Å². The van der Waals surface area contributed by atoms with Crippen molar-refractivity contribution in [2.45, 2.75) is 0 Å². The van der Waals surface area contributed by atoms with E-state index in [1.807, 2.05) is 34.3 Å². The van der Waals surface area contributed by atoms with Gasteiger partial charge in [-0.3, -0.25) is 4.79 Å². The van der Waals surface area contributed by atoms with Gasteiger partial charge in [-0.15, -0.1) is 11.3 Å². The maximum Gasteiger partial charge on any atom is 0.159 e. The minimum atomic E-state index is 0.792. The Kier molecular flexibility index (Phi) is 4.34. The van der Waals surface area contributed by atoms with Gasteiger partial charge in [-0.2, -0.15) is 11.3 Å². The average molecular weight is 196 g/mol. The third-order valence-electron chi connectivity index (χ3n) is 1.08. The Morgan fingerprint density at radius 3 is 2.08 bits per heavy atom. The molecule has 2 aromatic rings. The van der Waals surface area contributed by atoms with Gasteiger partial charge in [0.05, 0.1) is 4.88 Å². The van der Waals surface area contributed by atoms with Crippen LogP contribution in [-0.4, -0.2) is 6.29 Å². The van der Waals surface area contributed by atoms with Gasteiger partial charge in [0.1, 0.15) is 0 Å². The number of carbonyl (C=O) groups is 1. The summed E-state index contributed by atoms with van der Waals surface area (Å²) < 4.78 is 0. The summed E-state index contributed by atoms with van der Waals surface area (Å²) in [5.74, 6) is 0. The van der Waals surface area contributed by atoms with E-state index in [2.05, 4.69) is 0 Å². The first-order chi connectivity index (χ1) is 5.93. The van der Waals surface area contributed by atoms with Crippen molar-refractivity contribution in [2.24, 2.45) is 0 Å². The Morgan fingerprint density at radius 1 is 1.08 bits per heavy atom. The zero-order valence-electron chi connectivity index (χ0n) is 6.34. The van der Waals surface area contributed by atoms with E-state index in [-0.39, 0.29) is 0 Å². The lowest BCUT2D eigenvalue weighted by Gasteiger charge is -1.66. The summed E-state index contributed by atoms with van der Waals surface area (Å²) in [4.78, 5) is 10.7. The predicted molar refractivity (Wildman–Crippen MR) is 54.0 cm³/mol. The number of thiophene rings is 2. The molecule has 1 nitrogen and oxygen atoms in total. The van der Waals surface area contributed by atoms with Gasteiger partial charge in [0.15, 0.2) is 6.29 Å². The summed E-state index contributed by atoms with van der Waals surface area (Å²) in [6.07, 6.45) is 0.852. The van der Waals surface area contributed by atoms with Gasteiger partial charge in [0, 0.05) is 0 Å². The second-order valence-corrected chi connectivity index (χ2v) is 3.72. The maximum absolute atomic E-state index is 9.88. The molecular weight excluding hydrogens is 188 g/mol. The average Bonchev–Trinajstić information content (AvgIpc) is 2.81. The van der Waals surface area contributed by atoms with Crippen LogP contribution in [0, 0.1) is 0 Å². The van der Waals surface area contributed by atoms with Crippen molar-refractivity contribution in [3.63, 3.8) is 0 Å². The van der Waals surface area contributed by atoms with Crippen LogP contribution in [-0.2, 0) is 0 Å². The van der Waals surface area contributed by atoms with Crippen molar-refractivity contribution in [1.82, 2.24) is 0 Å². The molecule has 0 saturated heterocycles. The van der Waals surface area contributed by atoms with Crippen LogP contribution >= 0.6 is 22.7 Å². The SMILES string of the molecule is O=Cc1cccs1.c1ccsc1. The van der Waals surface area contributed by atoms with Gasteiger partial charge in [-0.1, -0.05) is 18.2 Å². The highest BCUT2D eigenvalue weighted by atomic mass is 32.1. The summed E-state index contributed by atoms with van der Waals surface area (Å²) in [5.41, 5.74) is 0. The molecule has 0 fully saturated rings. The standard InChI is InChI=1S/C5H4OS.C4H4S/c6-4-5-2-1-3-7-5;1-2-4-5-3-1/h1-4H;1-4H. The van der Waals surface area contributed by atoms with E-state index < -0.39 is 0 Å². The molecule has 2 heterocycles. The quantitative estimate of drug-likeness (QED) is 0.639. The fraction of sp³-hybridized carbons (Fsp3) is 0. The van der Waals surface area contributed by atoms with Crippen LogP contribution in [0.1, 0.15) is 9.67 Å². The lowest BCUT2D eigenvalue weighted by atomic mass is 10.5. The van der Waals surface area contributed by atoms with Crippen LogP contribution in [0.2, 0.25) is 0 Å². The highest BCUT2D eigenvalue weighted by Crippen LogP contribution is 2.03. The molecule has 0 N–H and O–H groups in total. The van der Waals surface area contributed by atoms with E-state index in [9.17, 15) is 4.79 Å². The largest absolute Gasteiger partial charge is 0.297 e. The van der Waals surface area contributed by atoms with Crippen molar-refractivity contribution in [3.05, 3.63) is 45.3 Å². The van der Waals surface area contributed by atoms with Crippen molar-refractivity contribution < 1.29 is 4.79 Å². The van der Waals surface area contributed by atoms with Crippen molar-refractivity contribution in [1.29, 1.82) is 0 Å². The molecular formula is C9H8OS2. The fourth-order valence-electron chi connectivity index (χ4n) is 0.585.